The lowest BCUT2D eigenvalue weighted by molar-refractivity contribution is 0.136. The van der Waals surface area contributed by atoms with Crippen LogP contribution in [0.1, 0.15) is 12.8 Å². The van der Waals surface area contributed by atoms with Crippen molar-refractivity contribution in [3.63, 3.8) is 0 Å². The molecule has 0 bridgehead atoms. The molecule has 8 heteroatoms. The van der Waals surface area contributed by atoms with E-state index in [9.17, 15) is 13.2 Å². The normalized spacial score (nSPS) is 16.7. The molecule has 7 nitrogen and oxygen atoms in total. The molecule has 1 saturated heterocycles. The zero-order valence-electron chi connectivity index (χ0n) is 16.1. The summed E-state index contributed by atoms with van der Waals surface area (Å²) in [5.74, 6) is 0. The Balaban J connectivity index is 1.80. The van der Waals surface area contributed by atoms with E-state index in [4.69, 9.17) is 0 Å². The third kappa shape index (κ3) is 5.96. The number of hydrogen-bond donors (Lipinski definition) is 1. The molecule has 1 aliphatic rings. The highest BCUT2D eigenvalue weighted by molar-refractivity contribution is 7.90. The number of anilines is 1. The molecule has 0 aromatic heterocycles. The minimum Gasteiger partial charge on any atom is -0.326 e. The second kappa shape index (κ2) is 8.83. The number of sulfone groups is 1. The van der Waals surface area contributed by atoms with Crippen LogP contribution in [0.2, 0.25) is 0 Å². The summed E-state index contributed by atoms with van der Waals surface area (Å²) in [5, 5.41) is 2.80. The first-order chi connectivity index (χ1) is 12.2. The second-order valence-electron chi connectivity index (χ2n) is 7.16. The predicted molar refractivity (Wildman–Crippen MR) is 104 cm³/mol. The van der Waals surface area contributed by atoms with Gasteiger partial charge in [0.25, 0.3) is 0 Å². The number of nitrogens with zero attached hydrogens (tertiary/aromatic N) is 3. The van der Waals surface area contributed by atoms with Crippen LogP contribution in [-0.4, -0.2) is 88.8 Å². The molecule has 2 amide bonds. The molecule has 1 fully saturated rings. The van der Waals surface area contributed by atoms with Crippen molar-refractivity contribution >= 4 is 21.6 Å². The summed E-state index contributed by atoms with van der Waals surface area (Å²) >= 11 is 0. The third-order valence-electron chi connectivity index (χ3n) is 4.98. The molecule has 0 spiro atoms. The summed E-state index contributed by atoms with van der Waals surface area (Å²) in [7, 11) is 2.80. The molecular weight excluding hydrogens is 352 g/mol. The lowest BCUT2D eigenvalue weighted by Crippen LogP contribution is -2.45. The minimum atomic E-state index is -3.23. The summed E-state index contributed by atoms with van der Waals surface area (Å²) in [6, 6.07) is 6.58. The van der Waals surface area contributed by atoms with E-state index in [1.807, 2.05) is 0 Å². The Morgan fingerprint density at radius 3 is 2.27 bits per heavy atom. The van der Waals surface area contributed by atoms with E-state index in [0.717, 1.165) is 38.7 Å². The van der Waals surface area contributed by atoms with Gasteiger partial charge in [-0.2, -0.15) is 0 Å². The number of carbonyl (C=O) groups is 1. The molecule has 1 N–H and O–H groups in total. The molecule has 0 unspecified atom stereocenters. The van der Waals surface area contributed by atoms with Crippen LogP contribution >= 0.6 is 0 Å². The van der Waals surface area contributed by atoms with E-state index in [0.29, 0.717) is 18.3 Å². The Morgan fingerprint density at radius 1 is 1.15 bits per heavy atom. The standard InChI is InChI=1S/C18H30N4O3S/c1-20-11-9-16(10-12-20)21(2)13-14-22(3)18(23)19-15-5-7-17(8-6-15)26(4,24)25/h5-8,16H,9-14H2,1-4H3,(H,19,23). The number of urea groups is 1. The first-order valence-corrected chi connectivity index (χ1v) is 10.8. The largest absolute Gasteiger partial charge is 0.326 e. The Kier molecular flexibility index (Phi) is 7.02. The molecule has 1 aromatic rings. The highest BCUT2D eigenvalue weighted by Gasteiger charge is 2.21. The van der Waals surface area contributed by atoms with Crippen LogP contribution in [0.15, 0.2) is 29.2 Å². The van der Waals surface area contributed by atoms with Crippen LogP contribution in [0, 0.1) is 0 Å². The van der Waals surface area contributed by atoms with Crippen molar-refractivity contribution in [2.24, 2.45) is 0 Å². The maximum absolute atomic E-state index is 12.3. The molecule has 1 aliphatic heterocycles. The smallest absolute Gasteiger partial charge is 0.321 e. The van der Waals surface area contributed by atoms with E-state index in [2.05, 4.69) is 29.2 Å². The van der Waals surface area contributed by atoms with Gasteiger partial charge in [0.05, 0.1) is 4.90 Å². The minimum absolute atomic E-state index is 0.200. The van der Waals surface area contributed by atoms with Gasteiger partial charge in [0.1, 0.15) is 0 Å². The van der Waals surface area contributed by atoms with Gasteiger partial charge in [-0.05, 0) is 64.3 Å². The number of nitrogens with one attached hydrogen (secondary N) is 1. The molecule has 1 heterocycles. The fraction of sp³-hybridized carbons (Fsp3) is 0.611. The number of piperidine rings is 1. The Hall–Kier alpha value is -1.64. The van der Waals surface area contributed by atoms with Crippen LogP contribution in [0.4, 0.5) is 10.5 Å². The van der Waals surface area contributed by atoms with E-state index < -0.39 is 9.84 Å². The van der Waals surface area contributed by atoms with Gasteiger partial charge in [-0.25, -0.2) is 13.2 Å². The molecule has 26 heavy (non-hydrogen) atoms. The number of amides is 2. The Morgan fingerprint density at radius 2 is 1.73 bits per heavy atom. The van der Waals surface area contributed by atoms with Gasteiger partial charge in [-0.3, -0.25) is 0 Å². The molecule has 0 radical (unpaired) electrons. The van der Waals surface area contributed by atoms with Gasteiger partial charge < -0.3 is 20.0 Å². The van der Waals surface area contributed by atoms with Crippen molar-refractivity contribution in [3.8, 4) is 0 Å². The zero-order chi connectivity index (χ0) is 19.3. The van der Waals surface area contributed by atoms with E-state index in [1.165, 1.54) is 12.1 Å². The van der Waals surface area contributed by atoms with Gasteiger partial charge in [0, 0.05) is 38.1 Å². The van der Waals surface area contributed by atoms with E-state index >= 15 is 0 Å². The maximum Gasteiger partial charge on any atom is 0.321 e. The van der Waals surface area contributed by atoms with E-state index in [1.54, 1.807) is 24.1 Å². The molecular formula is C18H30N4O3S. The van der Waals surface area contributed by atoms with Crippen LogP contribution < -0.4 is 5.32 Å². The number of likely N-dealkylation sites (N-methyl/N-ethyl adjacent to an activating group) is 2. The van der Waals surface area contributed by atoms with Crippen molar-refractivity contribution in [1.82, 2.24) is 14.7 Å². The Bertz CT molecular complexity index is 698. The van der Waals surface area contributed by atoms with Crippen LogP contribution in [-0.2, 0) is 9.84 Å². The third-order valence-corrected chi connectivity index (χ3v) is 6.11. The van der Waals surface area contributed by atoms with Crippen LogP contribution in [0.25, 0.3) is 0 Å². The van der Waals surface area contributed by atoms with Gasteiger partial charge in [-0.1, -0.05) is 0 Å². The first kappa shape index (κ1) is 20.7. The highest BCUT2D eigenvalue weighted by atomic mass is 32.2. The predicted octanol–water partition coefficient (Wildman–Crippen LogP) is 1.58. The van der Waals surface area contributed by atoms with Crippen LogP contribution in [0.5, 0.6) is 0 Å². The summed E-state index contributed by atoms with van der Waals surface area (Å²) in [6.45, 7) is 3.70. The topological polar surface area (TPSA) is 73.0 Å². The number of rotatable bonds is 6. The van der Waals surface area contributed by atoms with Crippen molar-refractivity contribution in [2.75, 3.05) is 58.9 Å². The zero-order valence-corrected chi connectivity index (χ0v) is 16.9. The van der Waals surface area contributed by atoms with Gasteiger partial charge in [0.15, 0.2) is 9.84 Å². The monoisotopic (exact) mass is 382 g/mol. The molecule has 0 atom stereocenters. The molecule has 0 aliphatic carbocycles. The fourth-order valence-electron chi connectivity index (χ4n) is 3.03. The molecule has 146 valence electrons. The maximum atomic E-state index is 12.3. The van der Waals surface area contributed by atoms with Gasteiger partial charge in [-0.15, -0.1) is 0 Å². The quantitative estimate of drug-likeness (QED) is 0.809. The number of likely N-dealkylation sites (tertiary alicyclic amines) is 1. The van der Waals surface area contributed by atoms with Crippen molar-refractivity contribution < 1.29 is 13.2 Å². The van der Waals surface area contributed by atoms with Crippen molar-refractivity contribution in [1.29, 1.82) is 0 Å². The summed E-state index contributed by atoms with van der Waals surface area (Å²) in [4.78, 5) is 18.9. The van der Waals surface area contributed by atoms with Gasteiger partial charge in [0.2, 0.25) is 0 Å². The SMILES string of the molecule is CN1CCC(N(C)CCN(C)C(=O)Nc2ccc(S(C)(=O)=O)cc2)CC1. The average Bonchev–Trinajstić information content (AvgIpc) is 2.59. The summed E-state index contributed by atoms with van der Waals surface area (Å²) in [6.07, 6.45) is 3.49. The second-order valence-corrected chi connectivity index (χ2v) is 9.18. The lowest BCUT2D eigenvalue weighted by atomic mass is 10.0. The summed E-state index contributed by atoms with van der Waals surface area (Å²) < 4.78 is 22.9. The van der Waals surface area contributed by atoms with Crippen molar-refractivity contribution in [3.05, 3.63) is 24.3 Å². The summed E-state index contributed by atoms with van der Waals surface area (Å²) in [5.41, 5.74) is 0.581. The highest BCUT2D eigenvalue weighted by Crippen LogP contribution is 2.15. The number of benzene rings is 1. The lowest BCUT2D eigenvalue weighted by Gasteiger charge is -2.35. The molecule has 0 saturated carbocycles. The van der Waals surface area contributed by atoms with Crippen molar-refractivity contribution in [2.45, 2.75) is 23.8 Å². The van der Waals surface area contributed by atoms with Gasteiger partial charge >= 0.3 is 6.03 Å². The number of hydrogen-bond acceptors (Lipinski definition) is 5. The van der Waals surface area contributed by atoms with Crippen LogP contribution in [0.3, 0.4) is 0 Å². The Labute approximate surface area is 156 Å². The average molecular weight is 383 g/mol. The molecule has 1 aromatic carbocycles. The van der Waals surface area contributed by atoms with E-state index in [-0.39, 0.29) is 10.9 Å². The molecule has 2 rings (SSSR count). The first-order valence-electron chi connectivity index (χ1n) is 8.88. The number of carbonyl (C=O) groups excluding carboxylic acids is 1. The fourth-order valence-corrected chi connectivity index (χ4v) is 3.66.